The summed E-state index contributed by atoms with van der Waals surface area (Å²) in [5, 5.41) is 0.274. The van der Waals surface area contributed by atoms with E-state index in [0.717, 1.165) is 29.8 Å². The number of halogens is 1. The van der Waals surface area contributed by atoms with Crippen LogP contribution in [0.15, 0.2) is 22.8 Å². The number of anilines is 1. The molecule has 20 heavy (non-hydrogen) atoms. The highest BCUT2D eigenvalue weighted by atomic mass is 79.9. The van der Waals surface area contributed by atoms with E-state index in [1.807, 2.05) is 12.3 Å². The zero-order valence-corrected chi connectivity index (χ0v) is 15.7. The van der Waals surface area contributed by atoms with E-state index < -0.39 is 8.32 Å². The summed E-state index contributed by atoms with van der Waals surface area (Å²) >= 11 is 3.43. The molecule has 2 heterocycles. The highest BCUT2D eigenvalue weighted by Crippen LogP contribution is 2.38. The Hall–Kier alpha value is -0.393. The normalized spacial score (nSPS) is 20.5. The van der Waals surface area contributed by atoms with Crippen LogP contribution in [0, 0.1) is 0 Å². The Bertz CT molecular complexity index is 456. The Kier molecular flexibility index (Phi) is 4.62. The predicted molar refractivity (Wildman–Crippen MR) is 90.8 cm³/mol. The molecule has 0 unspecified atom stereocenters. The summed E-state index contributed by atoms with van der Waals surface area (Å²) in [5.41, 5.74) is 0. The van der Waals surface area contributed by atoms with Crippen LogP contribution < -0.4 is 4.90 Å². The lowest BCUT2D eigenvalue weighted by molar-refractivity contribution is 0.202. The number of rotatable bonds is 3. The molecule has 112 valence electrons. The second-order valence-electron chi connectivity index (χ2n) is 7.07. The van der Waals surface area contributed by atoms with Crippen LogP contribution in [0.25, 0.3) is 0 Å². The zero-order valence-electron chi connectivity index (χ0n) is 13.1. The van der Waals surface area contributed by atoms with Crippen molar-refractivity contribution >= 4 is 30.1 Å². The molecule has 1 saturated heterocycles. The molecule has 0 aromatic carbocycles. The van der Waals surface area contributed by atoms with Gasteiger partial charge in [-0.25, -0.2) is 4.98 Å². The fraction of sp³-hybridized carbons (Fsp3) is 0.667. The van der Waals surface area contributed by atoms with Gasteiger partial charge in [-0.1, -0.05) is 20.8 Å². The first-order chi connectivity index (χ1) is 9.19. The van der Waals surface area contributed by atoms with Crippen LogP contribution in [-0.4, -0.2) is 32.5 Å². The number of pyridine rings is 1. The molecule has 5 heteroatoms. The fourth-order valence-corrected chi connectivity index (χ4v) is 3.79. The van der Waals surface area contributed by atoms with Crippen LogP contribution in [-0.2, 0) is 4.43 Å². The molecule has 0 saturated carbocycles. The topological polar surface area (TPSA) is 25.4 Å². The van der Waals surface area contributed by atoms with Crippen LogP contribution in [0.4, 0.5) is 5.82 Å². The molecule has 2 rings (SSSR count). The van der Waals surface area contributed by atoms with Gasteiger partial charge >= 0.3 is 0 Å². The van der Waals surface area contributed by atoms with Crippen molar-refractivity contribution in [3.8, 4) is 0 Å². The summed E-state index contributed by atoms with van der Waals surface area (Å²) in [6.07, 6.45) is 3.31. The van der Waals surface area contributed by atoms with Gasteiger partial charge in [-0.15, -0.1) is 0 Å². The molecule has 0 N–H and O–H groups in total. The molecule has 1 aliphatic heterocycles. The highest BCUT2D eigenvalue weighted by Gasteiger charge is 2.40. The number of aromatic nitrogens is 1. The maximum atomic E-state index is 6.50. The zero-order chi connectivity index (χ0) is 15.0. The molecular formula is C15H25BrN2OSi. The van der Waals surface area contributed by atoms with Gasteiger partial charge in [0.2, 0.25) is 0 Å². The van der Waals surface area contributed by atoms with Crippen molar-refractivity contribution in [3.63, 3.8) is 0 Å². The Labute approximate surface area is 132 Å². The minimum atomic E-state index is -1.66. The van der Waals surface area contributed by atoms with E-state index in [1.54, 1.807) is 0 Å². The second kappa shape index (κ2) is 5.77. The average molecular weight is 357 g/mol. The van der Waals surface area contributed by atoms with E-state index >= 15 is 0 Å². The van der Waals surface area contributed by atoms with Gasteiger partial charge in [-0.2, -0.15) is 0 Å². The maximum absolute atomic E-state index is 6.50. The molecule has 0 radical (unpaired) electrons. The fourth-order valence-electron chi connectivity index (χ4n) is 2.18. The van der Waals surface area contributed by atoms with E-state index in [9.17, 15) is 0 Å². The van der Waals surface area contributed by atoms with Gasteiger partial charge in [-0.3, -0.25) is 0 Å². The lowest BCUT2D eigenvalue weighted by atomic mass is 10.2. The van der Waals surface area contributed by atoms with Crippen LogP contribution >= 0.6 is 15.9 Å². The molecule has 1 atom stereocenters. The standard InChI is InChI=1S/C15H25BrN2OSi/c1-15(2,3)20(4,5)19-13-8-9-18(11-13)14-7-6-12(16)10-17-14/h6-7,10,13H,8-9,11H2,1-5H3/t13-/m0/s1. The predicted octanol–water partition coefficient (Wildman–Crippen LogP) is 4.44. The molecule has 1 fully saturated rings. The van der Waals surface area contributed by atoms with Gasteiger partial charge in [0.1, 0.15) is 5.82 Å². The van der Waals surface area contributed by atoms with E-state index in [-0.39, 0.29) is 5.04 Å². The number of nitrogens with zero attached hydrogens (tertiary/aromatic N) is 2. The molecule has 1 aliphatic rings. The lowest BCUT2D eigenvalue weighted by Crippen LogP contribution is -2.44. The van der Waals surface area contributed by atoms with Crippen molar-refractivity contribution < 1.29 is 4.43 Å². The van der Waals surface area contributed by atoms with Crippen molar-refractivity contribution in [2.75, 3.05) is 18.0 Å². The molecule has 1 aromatic heterocycles. The van der Waals surface area contributed by atoms with Crippen molar-refractivity contribution in [1.82, 2.24) is 4.98 Å². The Balaban J connectivity index is 1.98. The SMILES string of the molecule is CC(C)(C)[Si](C)(C)O[C@H]1CCN(c2ccc(Br)cn2)C1. The summed E-state index contributed by atoms with van der Waals surface area (Å²) in [6, 6.07) is 4.11. The minimum Gasteiger partial charge on any atom is -0.412 e. The monoisotopic (exact) mass is 356 g/mol. The van der Waals surface area contributed by atoms with Crippen molar-refractivity contribution in [1.29, 1.82) is 0 Å². The van der Waals surface area contributed by atoms with Crippen LogP contribution in [0.3, 0.4) is 0 Å². The quantitative estimate of drug-likeness (QED) is 0.748. The average Bonchev–Trinajstić information content (AvgIpc) is 2.76. The van der Waals surface area contributed by atoms with Gasteiger partial charge < -0.3 is 9.33 Å². The largest absolute Gasteiger partial charge is 0.412 e. The van der Waals surface area contributed by atoms with Crippen molar-refractivity contribution in [2.24, 2.45) is 0 Å². The number of hydrogen-bond donors (Lipinski definition) is 0. The van der Waals surface area contributed by atoms with Gasteiger partial charge in [0, 0.05) is 23.8 Å². The third-order valence-electron chi connectivity index (χ3n) is 4.45. The molecule has 1 aromatic rings. The van der Waals surface area contributed by atoms with Crippen molar-refractivity contribution in [3.05, 3.63) is 22.8 Å². The summed E-state index contributed by atoms with van der Waals surface area (Å²) in [7, 11) is -1.66. The van der Waals surface area contributed by atoms with E-state index in [0.29, 0.717) is 6.10 Å². The Morgan fingerprint density at radius 2 is 2.05 bits per heavy atom. The van der Waals surface area contributed by atoms with E-state index in [4.69, 9.17) is 4.43 Å². The lowest BCUT2D eigenvalue weighted by Gasteiger charge is -2.38. The van der Waals surface area contributed by atoms with Crippen LogP contribution in [0.5, 0.6) is 0 Å². The minimum absolute atomic E-state index is 0.274. The van der Waals surface area contributed by atoms with E-state index in [2.05, 4.69) is 65.7 Å². The number of hydrogen-bond acceptors (Lipinski definition) is 3. The molecule has 0 spiro atoms. The van der Waals surface area contributed by atoms with Crippen LogP contribution in [0.1, 0.15) is 27.2 Å². The molecule has 3 nitrogen and oxygen atoms in total. The molecule has 0 bridgehead atoms. The first-order valence-corrected chi connectivity index (χ1v) is 10.9. The van der Waals surface area contributed by atoms with Gasteiger partial charge in [0.05, 0.1) is 6.10 Å². The smallest absolute Gasteiger partial charge is 0.192 e. The summed E-state index contributed by atoms with van der Waals surface area (Å²) in [5.74, 6) is 1.05. The highest BCUT2D eigenvalue weighted by molar-refractivity contribution is 9.10. The van der Waals surface area contributed by atoms with Gasteiger partial charge in [-0.05, 0) is 52.6 Å². The van der Waals surface area contributed by atoms with Gasteiger partial charge in [0.25, 0.3) is 0 Å². The molecule has 0 amide bonds. The third-order valence-corrected chi connectivity index (χ3v) is 9.45. The van der Waals surface area contributed by atoms with Crippen LogP contribution in [0.2, 0.25) is 18.1 Å². The summed E-state index contributed by atoms with van der Waals surface area (Å²) in [6.45, 7) is 13.5. The maximum Gasteiger partial charge on any atom is 0.192 e. The molecular weight excluding hydrogens is 332 g/mol. The second-order valence-corrected chi connectivity index (χ2v) is 12.7. The van der Waals surface area contributed by atoms with Gasteiger partial charge in [0.15, 0.2) is 8.32 Å². The first-order valence-electron chi connectivity index (χ1n) is 7.23. The van der Waals surface area contributed by atoms with E-state index in [1.165, 1.54) is 0 Å². The summed E-state index contributed by atoms with van der Waals surface area (Å²) in [4.78, 5) is 6.80. The Morgan fingerprint density at radius 3 is 2.60 bits per heavy atom. The third kappa shape index (κ3) is 3.62. The first kappa shape index (κ1) is 16.0. The molecule has 0 aliphatic carbocycles. The van der Waals surface area contributed by atoms with Crippen molar-refractivity contribution in [2.45, 2.75) is 51.4 Å². The Morgan fingerprint density at radius 1 is 1.35 bits per heavy atom. The summed E-state index contributed by atoms with van der Waals surface area (Å²) < 4.78 is 7.52.